The first-order valence-electron chi connectivity index (χ1n) is 9.14. The third-order valence-electron chi connectivity index (χ3n) is 3.93. The van der Waals surface area contributed by atoms with Gasteiger partial charge in [0.05, 0.1) is 18.4 Å². The molecule has 0 aliphatic carbocycles. The van der Waals surface area contributed by atoms with Gasteiger partial charge < -0.3 is 19.2 Å². The van der Waals surface area contributed by atoms with E-state index in [0.717, 1.165) is 5.56 Å². The van der Waals surface area contributed by atoms with Gasteiger partial charge in [-0.3, -0.25) is 10.1 Å². The summed E-state index contributed by atoms with van der Waals surface area (Å²) < 4.78 is 15.6. The van der Waals surface area contributed by atoms with Gasteiger partial charge in [0.15, 0.2) is 6.61 Å². The summed E-state index contributed by atoms with van der Waals surface area (Å²) in [5.41, 5.74) is 1.29. The largest absolute Gasteiger partial charge is 0.489 e. The molecule has 3 amide bonds. The van der Waals surface area contributed by atoms with E-state index in [1.165, 1.54) is 18.4 Å². The van der Waals surface area contributed by atoms with Crippen LogP contribution in [0.15, 0.2) is 77.4 Å². The molecule has 0 radical (unpaired) electrons. The van der Waals surface area contributed by atoms with E-state index in [1.807, 2.05) is 30.3 Å². The Morgan fingerprint density at radius 3 is 2.37 bits per heavy atom. The second-order valence-corrected chi connectivity index (χ2v) is 6.19. The van der Waals surface area contributed by atoms with E-state index in [9.17, 15) is 14.4 Å². The number of ether oxygens (including phenoxy) is 2. The van der Waals surface area contributed by atoms with Gasteiger partial charge in [-0.1, -0.05) is 30.3 Å². The number of esters is 1. The molecular formula is C22H20N2O6. The number of amides is 3. The SMILES string of the molecule is O=C(COC(=O)c1ccc(OCc2ccccc2)cc1)NC(=O)NCc1ccco1. The van der Waals surface area contributed by atoms with Gasteiger partial charge in [0.1, 0.15) is 18.1 Å². The van der Waals surface area contributed by atoms with Gasteiger partial charge in [-0.25, -0.2) is 9.59 Å². The second-order valence-electron chi connectivity index (χ2n) is 6.19. The Hall–Kier alpha value is -4.07. The first-order valence-corrected chi connectivity index (χ1v) is 9.14. The minimum atomic E-state index is -0.747. The van der Waals surface area contributed by atoms with Crippen LogP contribution < -0.4 is 15.4 Å². The molecule has 0 aliphatic heterocycles. The molecular weight excluding hydrogens is 388 g/mol. The fourth-order valence-electron chi connectivity index (χ4n) is 2.43. The number of carbonyl (C=O) groups is 3. The Bertz CT molecular complexity index is 969. The predicted molar refractivity (Wildman–Crippen MR) is 107 cm³/mol. The number of imide groups is 1. The fourth-order valence-corrected chi connectivity index (χ4v) is 2.43. The molecule has 0 unspecified atom stereocenters. The van der Waals surface area contributed by atoms with Crippen LogP contribution in [0.4, 0.5) is 4.79 Å². The second kappa shape index (κ2) is 10.5. The fraction of sp³-hybridized carbons (Fsp3) is 0.136. The van der Waals surface area contributed by atoms with Crippen molar-refractivity contribution >= 4 is 17.9 Å². The number of urea groups is 1. The predicted octanol–water partition coefficient (Wildman–Crippen LogP) is 3.04. The lowest BCUT2D eigenvalue weighted by atomic mass is 10.2. The van der Waals surface area contributed by atoms with Crippen molar-refractivity contribution in [3.8, 4) is 5.75 Å². The van der Waals surface area contributed by atoms with Crippen molar-refractivity contribution in [3.05, 3.63) is 89.9 Å². The number of furan rings is 1. The van der Waals surface area contributed by atoms with E-state index >= 15 is 0 Å². The van der Waals surface area contributed by atoms with Gasteiger partial charge in [-0.05, 0) is 42.0 Å². The van der Waals surface area contributed by atoms with E-state index in [1.54, 1.807) is 24.3 Å². The maximum Gasteiger partial charge on any atom is 0.338 e. The number of nitrogens with one attached hydrogen (secondary N) is 2. The summed E-state index contributed by atoms with van der Waals surface area (Å²) in [7, 11) is 0. The Labute approximate surface area is 172 Å². The van der Waals surface area contributed by atoms with E-state index in [-0.39, 0.29) is 12.1 Å². The molecule has 8 heteroatoms. The molecule has 0 fully saturated rings. The molecule has 0 spiro atoms. The molecule has 154 valence electrons. The van der Waals surface area contributed by atoms with Gasteiger partial charge in [-0.15, -0.1) is 0 Å². The highest BCUT2D eigenvalue weighted by Gasteiger charge is 2.13. The Balaban J connectivity index is 1.38. The molecule has 8 nitrogen and oxygen atoms in total. The summed E-state index contributed by atoms with van der Waals surface area (Å²) in [5.74, 6) is -0.291. The maximum atomic E-state index is 12.1. The topological polar surface area (TPSA) is 107 Å². The summed E-state index contributed by atoms with van der Waals surface area (Å²) in [6, 6.07) is 18.7. The first-order chi connectivity index (χ1) is 14.6. The molecule has 1 aromatic heterocycles. The number of hydrogen-bond acceptors (Lipinski definition) is 6. The maximum absolute atomic E-state index is 12.1. The van der Waals surface area contributed by atoms with Crippen molar-refractivity contribution in [3.63, 3.8) is 0 Å². The van der Waals surface area contributed by atoms with Crippen molar-refractivity contribution in [1.29, 1.82) is 0 Å². The molecule has 3 rings (SSSR count). The highest BCUT2D eigenvalue weighted by Crippen LogP contribution is 2.15. The highest BCUT2D eigenvalue weighted by atomic mass is 16.5. The van der Waals surface area contributed by atoms with E-state index in [4.69, 9.17) is 13.9 Å². The molecule has 0 atom stereocenters. The zero-order valence-electron chi connectivity index (χ0n) is 16.0. The van der Waals surface area contributed by atoms with Crippen LogP contribution in [0.3, 0.4) is 0 Å². The molecule has 0 aliphatic rings. The third-order valence-corrected chi connectivity index (χ3v) is 3.93. The normalized spacial score (nSPS) is 10.1. The van der Waals surface area contributed by atoms with Crippen LogP contribution in [-0.4, -0.2) is 24.5 Å². The van der Waals surface area contributed by atoms with Gasteiger partial charge in [-0.2, -0.15) is 0 Å². The lowest BCUT2D eigenvalue weighted by molar-refractivity contribution is -0.123. The molecule has 30 heavy (non-hydrogen) atoms. The number of rotatable bonds is 8. The van der Waals surface area contributed by atoms with Crippen LogP contribution in [0.5, 0.6) is 5.75 Å². The molecule has 1 heterocycles. The minimum absolute atomic E-state index is 0.130. The van der Waals surface area contributed by atoms with Gasteiger partial charge in [0.2, 0.25) is 0 Å². The van der Waals surface area contributed by atoms with Crippen LogP contribution in [0.1, 0.15) is 21.7 Å². The van der Waals surface area contributed by atoms with Crippen LogP contribution in [0.2, 0.25) is 0 Å². The number of hydrogen-bond donors (Lipinski definition) is 2. The summed E-state index contributed by atoms with van der Waals surface area (Å²) in [5, 5.41) is 4.51. The van der Waals surface area contributed by atoms with Crippen molar-refractivity contribution < 1.29 is 28.3 Å². The third kappa shape index (κ3) is 6.52. The van der Waals surface area contributed by atoms with Crippen LogP contribution in [-0.2, 0) is 22.7 Å². The molecule has 0 saturated heterocycles. The summed E-state index contributed by atoms with van der Waals surface area (Å²) >= 11 is 0. The van der Waals surface area contributed by atoms with Crippen molar-refractivity contribution in [2.24, 2.45) is 0 Å². The van der Waals surface area contributed by atoms with E-state index < -0.39 is 24.5 Å². The zero-order valence-corrected chi connectivity index (χ0v) is 16.0. The molecule has 0 bridgehead atoms. The van der Waals surface area contributed by atoms with Crippen molar-refractivity contribution in [1.82, 2.24) is 10.6 Å². The standard InChI is InChI=1S/C22H20N2O6/c25-20(24-22(27)23-13-19-7-4-12-28-19)15-30-21(26)17-8-10-18(11-9-17)29-14-16-5-2-1-3-6-16/h1-12H,13-15H2,(H2,23,24,25,27). The average molecular weight is 408 g/mol. The summed E-state index contributed by atoms with van der Waals surface area (Å²) in [4.78, 5) is 35.4. The van der Waals surface area contributed by atoms with Crippen molar-refractivity contribution in [2.75, 3.05) is 6.61 Å². The molecule has 2 N–H and O–H groups in total. The van der Waals surface area contributed by atoms with Crippen molar-refractivity contribution in [2.45, 2.75) is 13.2 Å². The van der Waals surface area contributed by atoms with Crippen LogP contribution >= 0.6 is 0 Å². The van der Waals surface area contributed by atoms with Gasteiger partial charge in [0, 0.05) is 0 Å². The lowest BCUT2D eigenvalue weighted by Crippen LogP contribution is -2.41. The zero-order chi connectivity index (χ0) is 21.2. The Kier molecular flexibility index (Phi) is 7.21. The van der Waals surface area contributed by atoms with E-state index in [2.05, 4.69) is 10.6 Å². The molecule has 0 saturated carbocycles. The summed E-state index contributed by atoms with van der Waals surface area (Å²) in [6.45, 7) is -0.0450. The lowest BCUT2D eigenvalue weighted by Gasteiger charge is -2.08. The Morgan fingerprint density at radius 2 is 1.67 bits per heavy atom. The minimum Gasteiger partial charge on any atom is -0.489 e. The van der Waals surface area contributed by atoms with Gasteiger partial charge in [0.25, 0.3) is 5.91 Å². The first kappa shape index (κ1) is 20.7. The molecule has 2 aromatic carbocycles. The van der Waals surface area contributed by atoms with Crippen LogP contribution in [0, 0.1) is 0 Å². The summed E-state index contributed by atoms with van der Waals surface area (Å²) in [6.07, 6.45) is 1.47. The quantitative estimate of drug-likeness (QED) is 0.555. The number of carbonyl (C=O) groups excluding carboxylic acids is 3. The number of benzene rings is 2. The van der Waals surface area contributed by atoms with Crippen LogP contribution in [0.25, 0.3) is 0 Å². The van der Waals surface area contributed by atoms with Gasteiger partial charge >= 0.3 is 12.0 Å². The highest BCUT2D eigenvalue weighted by molar-refractivity contribution is 5.97. The molecule has 3 aromatic rings. The van der Waals surface area contributed by atoms with E-state index in [0.29, 0.717) is 18.1 Å². The monoisotopic (exact) mass is 408 g/mol. The average Bonchev–Trinajstić information content (AvgIpc) is 3.29. The smallest absolute Gasteiger partial charge is 0.338 e. The Morgan fingerprint density at radius 1 is 0.900 bits per heavy atom.